The van der Waals surface area contributed by atoms with E-state index < -0.39 is 53.2 Å². The molecule has 0 saturated heterocycles. The lowest BCUT2D eigenvalue weighted by Gasteiger charge is -2.67. The van der Waals surface area contributed by atoms with Crippen molar-refractivity contribution in [3.63, 3.8) is 0 Å². The van der Waals surface area contributed by atoms with Crippen LogP contribution in [0.25, 0.3) is 0 Å². The van der Waals surface area contributed by atoms with Crippen LogP contribution < -0.4 is 5.30 Å². The number of hydrogen-bond donors (Lipinski definition) is 0. The van der Waals surface area contributed by atoms with Gasteiger partial charge in [0.15, 0.2) is 0 Å². The second-order valence-corrected chi connectivity index (χ2v) is 23.7. The molecule has 2 atom stereocenters. The molecule has 8 saturated carbocycles. The van der Waals surface area contributed by atoms with Crippen LogP contribution in [0.4, 0.5) is 26.3 Å². The van der Waals surface area contributed by atoms with Gasteiger partial charge in [0.25, 0.3) is 0 Å². The number of rotatable bonds is 7. The average Bonchev–Trinajstić information content (AvgIpc) is 2.98. The first-order valence-electron chi connectivity index (χ1n) is 18.7. The second-order valence-electron chi connectivity index (χ2n) is 18.3. The molecule has 2 aromatic rings. The average molecular weight is 738 g/mol. The van der Waals surface area contributed by atoms with E-state index in [1.165, 1.54) is 77.0 Å². The molecule has 8 bridgehead atoms. The van der Waals surface area contributed by atoms with Gasteiger partial charge in [0.2, 0.25) is 0 Å². The summed E-state index contributed by atoms with van der Waals surface area (Å²) in [4.78, 5) is 0. The summed E-state index contributed by atoms with van der Waals surface area (Å²) >= 11 is 0. The zero-order valence-corrected chi connectivity index (χ0v) is 31.3. The minimum atomic E-state index is -4.98. The zero-order chi connectivity index (χ0) is 35.6. The van der Waals surface area contributed by atoms with Crippen LogP contribution in [0, 0.1) is 35.5 Å². The Kier molecular flexibility index (Phi) is 8.56. The maximum absolute atomic E-state index is 14.4. The Labute approximate surface area is 296 Å². The first kappa shape index (κ1) is 35.6. The fraction of sp³-hybridized carbons (Fsp3) is 0.700. The molecule has 2 nitrogen and oxygen atoms in total. The van der Waals surface area contributed by atoms with Gasteiger partial charge < -0.3 is 0 Å². The molecule has 8 aliphatic rings. The smallest absolute Gasteiger partial charge is 0.242 e. The number of benzene rings is 2. The molecule has 10 rings (SSSR count). The Morgan fingerprint density at radius 3 is 1.42 bits per heavy atom. The molecule has 0 aliphatic heterocycles. The Hall–Kier alpha value is -1.44. The van der Waals surface area contributed by atoms with Crippen LogP contribution in [0.5, 0.6) is 0 Å². The van der Waals surface area contributed by atoms with Crippen molar-refractivity contribution in [1.29, 1.82) is 0 Å². The first-order chi connectivity index (χ1) is 23.3. The fourth-order valence-corrected chi connectivity index (χ4v) is 19.5. The molecular formula is C40H50F6NOPS. The van der Waals surface area contributed by atoms with E-state index in [0.29, 0.717) is 35.5 Å². The van der Waals surface area contributed by atoms with Gasteiger partial charge in [-0.15, -0.1) is 0 Å². The van der Waals surface area contributed by atoms with Gasteiger partial charge in [0.05, 0.1) is 21.9 Å². The highest BCUT2D eigenvalue weighted by Crippen LogP contribution is 2.78. The largest absolute Gasteiger partial charge is 0.416 e. The van der Waals surface area contributed by atoms with Gasteiger partial charge in [0, 0.05) is 7.05 Å². The highest BCUT2D eigenvalue weighted by molar-refractivity contribution is 7.84. The minimum absolute atomic E-state index is 0.106. The van der Waals surface area contributed by atoms with Crippen molar-refractivity contribution in [3.8, 4) is 0 Å². The molecule has 0 N–H and O–H groups in total. The molecule has 0 heterocycles. The van der Waals surface area contributed by atoms with Crippen molar-refractivity contribution >= 4 is 24.2 Å². The zero-order valence-electron chi connectivity index (χ0n) is 29.5. The van der Waals surface area contributed by atoms with Crippen LogP contribution in [-0.2, 0) is 23.3 Å². The molecule has 1 unspecified atom stereocenters. The Morgan fingerprint density at radius 1 is 0.680 bits per heavy atom. The van der Waals surface area contributed by atoms with Gasteiger partial charge in [-0.2, -0.15) is 26.3 Å². The number of alkyl halides is 6. The molecule has 0 amide bonds. The van der Waals surface area contributed by atoms with Gasteiger partial charge >= 0.3 is 12.4 Å². The lowest BCUT2D eigenvalue weighted by atomic mass is 9.55. The predicted octanol–water partition coefficient (Wildman–Crippen LogP) is 11.3. The summed E-state index contributed by atoms with van der Waals surface area (Å²) < 4.78 is 101. The summed E-state index contributed by atoms with van der Waals surface area (Å²) in [6.45, 7) is 5.40. The number of halogens is 6. The van der Waals surface area contributed by atoms with E-state index in [0.717, 1.165) is 23.0 Å². The standard InChI is InChI=1S/C40H50F6NOPS/c1-36(2,3)50(48)47(4)35(30-15-31(39(41,42)43)17-32(16-30)40(44,45)46)33-7-5-6-8-34(33)49(37-18-24-9-25(19-37)11-26(10-24)20-37)38-21-27-12-28(22-38)14-29(13-27)23-38/h5-8,15-17,24-29,35H,9-14,18-23H2,1-4H3/t24?,25?,26?,27?,28?,29?,35-,37?,38?,49?,50?/m0/s1. The second kappa shape index (κ2) is 12.0. The molecule has 8 fully saturated rings. The van der Waals surface area contributed by atoms with E-state index in [9.17, 15) is 30.6 Å². The van der Waals surface area contributed by atoms with Crippen LogP contribution >= 0.6 is 7.92 Å². The van der Waals surface area contributed by atoms with E-state index in [1.54, 1.807) is 32.1 Å². The van der Waals surface area contributed by atoms with Crippen LogP contribution in [-0.4, -0.2) is 30.6 Å². The number of hydrogen-bond acceptors (Lipinski definition) is 1. The maximum atomic E-state index is 14.4. The summed E-state index contributed by atoms with van der Waals surface area (Å²) in [6.07, 6.45) is 4.97. The first-order valence-corrected chi connectivity index (χ1v) is 21.1. The summed E-state index contributed by atoms with van der Waals surface area (Å²) in [5.74, 6) is 4.23. The van der Waals surface area contributed by atoms with Gasteiger partial charge in [-0.05, 0) is 178 Å². The molecule has 0 aromatic heterocycles. The third kappa shape index (κ3) is 6.13. The Bertz CT molecular complexity index is 1520. The van der Waals surface area contributed by atoms with Crippen molar-refractivity contribution in [2.75, 3.05) is 7.05 Å². The van der Waals surface area contributed by atoms with E-state index in [-0.39, 0.29) is 21.9 Å². The van der Waals surface area contributed by atoms with Crippen molar-refractivity contribution in [2.24, 2.45) is 35.5 Å². The van der Waals surface area contributed by atoms with Crippen LogP contribution in [0.2, 0.25) is 0 Å². The topological polar surface area (TPSA) is 20.3 Å². The normalized spacial score (nSPS) is 36.6. The van der Waals surface area contributed by atoms with Crippen molar-refractivity contribution in [1.82, 2.24) is 4.31 Å². The van der Waals surface area contributed by atoms with Crippen molar-refractivity contribution < 1.29 is 30.6 Å². The van der Waals surface area contributed by atoms with E-state index in [4.69, 9.17) is 0 Å². The Balaban J connectivity index is 1.36. The molecular weight excluding hydrogens is 687 g/mol. The summed E-state index contributed by atoms with van der Waals surface area (Å²) in [7, 11) is -0.964. The molecule has 0 radical (unpaired) electrons. The van der Waals surface area contributed by atoms with E-state index >= 15 is 0 Å². The van der Waals surface area contributed by atoms with Crippen LogP contribution in [0.3, 0.4) is 0 Å². The highest BCUT2D eigenvalue weighted by Gasteiger charge is 2.63. The highest BCUT2D eigenvalue weighted by atomic mass is 32.2. The summed E-state index contributed by atoms with van der Waals surface area (Å²) in [6, 6.07) is 8.98. The SMILES string of the molecule is CN([C@@H](c1cc(C(F)(F)F)cc(C(F)(F)F)c1)c1ccccc1P(C12CC3CC(CC(C3)C1)C2)C12CC3CC(CC(C3)C1)C2)S(=O)C(C)(C)C. The molecule has 10 heteroatoms. The van der Waals surface area contributed by atoms with Gasteiger partial charge in [-0.1, -0.05) is 32.2 Å². The van der Waals surface area contributed by atoms with Crippen molar-refractivity contribution in [2.45, 2.75) is 131 Å². The van der Waals surface area contributed by atoms with Crippen molar-refractivity contribution in [3.05, 3.63) is 64.7 Å². The van der Waals surface area contributed by atoms with Gasteiger partial charge in [-0.3, -0.25) is 0 Å². The minimum Gasteiger partial charge on any atom is -0.242 e. The number of nitrogens with zero attached hydrogens (tertiary/aromatic N) is 1. The quantitative estimate of drug-likeness (QED) is 0.205. The maximum Gasteiger partial charge on any atom is 0.416 e. The van der Waals surface area contributed by atoms with E-state index in [1.807, 2.05) is 18.2 Å². The summed E-state index contributed by atoms with van der Waals surface area (Å²) in [5.41, 5.74) is -2.02. The third-order valence-electron chi connectivity index (χ3n) is 13.5. The molecule has 0 spiro atoms. The molecule has 274 valence electrons. The lowest BCUT2D eigenvalue weighted by molar-refractivity contribution is -0.143. The molecule has 2 aromatic carbocycles. The Morgan fingerprint density at radius 2 is 1.06 bits per heavy atom. The van der Waals surface area contributed by atoms with Crippen LogP contribution in [0.15, 0.2) is 42.5 Å². The van der Waals surface area contributed by atoms with E-state index in [2.05, 4.69) is 6.07 Å². The van der Waals surface area contributed by atoms with Crippen LogP contribution in [0.1, 0.15) is 126 Å². The third-order valence-corrected chi connectivity index (χ3v) is 19.2. The fourth-order valence-electron chi connectivity index (χ4n) is 12.9. The van der Waals surface area contributed by atoms with Gasteiger partial charge in [0.1, 0.15) is 11.0 Å². The molecule has 50 heavy (non-hydrogen) atoms. The van der Waals surface area contributed by atoms with Gasteiger partial charge in [-0.25, -0.2) is 8.51 Å². The monoisotopic (exact) mass is 737 g/mol. The summed E-state index contributed by atoms with van der Waals surface area (Å²) in [5, 5.41) is 1.41. The predicted molar refractivity (Wildman–Crippen MR) is 189 cm³/mol. The molecule has 8 aliphatic carbocycles. The lowest BCUT2D eigenvalue weighted by Crippen LogP contribution is -2.58.